The predicted molar refractivity (Wildman–Crippen MR) is 45.8 cm³/mol. The van der Waals surface area contributed by atoms with E-state index in [0.717, 1.165) is 5.69 Å². The second kappa shape index (κ2) is 3.82. The van der Waals surface area contributed by atoms with Gasteiger partial charge in [0.1, 0.15) is 6.33 Å². The molecule has 4 nitrogen and oxygen atoms in total. The molecule has 2 N–H and O–H groups in total. The number of nitrogens with zero attached hydrogens (tertiary/aromatic N) is 2. The Balaban J connectivity index is 2.76. The van der Waals surface area contributed by atoms with E-state index in [1.165, 1.54) is 17.0 Å². The fourth-order valence-electron chi connectivity index (χ4n) is 0.866. The van der Waals surface area contributed by atoms with Gasteiger partial charge in [0.15, 0.2) is 0 Å². The summed E-state index contributed by atoms with van der Waals surface area (Å²) in [4.78, 5) is 15.0. The van der Waals surface area contributed by atoms with Gasteiger partial charge in [0.05, 0.1) is 5.69 Å². The standard InChI is InChI=1S/C8H11N3O/c1-2-8(12)11-5-7(3-4-9)10-6-11/h2,5-6H,1,3-4,9H2. The molecule has 0 atom stereocenters. The largest absolute Gasteiger partial charge is 0.330 e. The van der Waals surface area contributed by atoms with Crippen molar-refractivity contribution in [2.45, 2.75) is 6.42 Å². The van der Waals surface area contributed by atoms with E-state index >= 15 is 0 Å². The van der Waals surface area contributed by atoms with Crippen molar-refractivity contribution in [1.29, 1.82) is 0 Å². The molecule has 0 aromatic carbocycles. The van der Waals surface area contributed by atoms with Crippen LogP contribution in [-0.2, 0) is 6.42 Å². The molecule has 0 radical (unpaired) electrons. The molecule has 1 aromatic heterocycles. The molecule has 12 heavy (non-hydrogen) atoms. The minimum Gasteiger partial charge on any atom is -0.330 e. The van der Waals surface area contributed by atoms with Crippen LogP contribution in [0.5, 0.6) is 0 Å². The van der Waals surface area contributed by atoms with Crippen LogP contribution >= 0.6 is 0 Å². The Morgan fingerprint density at radius 3 is 3.17 bits per heavy atom. The summed E-state index contributed by atoms with van der Waals surface area (Å²) in [6, 6.07) is 0. The fourth-order valence-corrected chi connectivity index (χ4v) is 0.866. The molecule has 4 heteroatoms. The topological polar surface area (TPSA) is 60.9 Å². The minimum atomic E-state index is -0.175. The van der Waals surface area contributed by atoms with Gasteiger partial charge in [0.2, 0.25) is 0 Å². The number of aromatic nitrogens is 2. The third-order valence-corrected chi connectivity index (χ3v) is 1.47. The Kier molecular flexibility index (Phi) is 2.76. The lowest BCUT2D eigenvalue weighted by Crippen LogP contribution is -2.04. The van der Waals surface area contributed by atoms with Crippen molar-refractivity contribution in [3.63, 3.8) is 0 Å². The quantitative estimate of drug-likeness (QED) is 0.651. The summed E-state index contributed by atoms with van der Waals surface area (Å²) in [6.07, 6.45) is 5.07. The van der Waals surface area contributed by atoms with Crippen LogP contribution in [0.25, 0.3) is 0 Å². The molecule has 0 aliphatic carbocycles. The van der Waals surface area contributed by atoms with Crippen LogP contribution in [-0.4, -0.2) is 22.0 Å². The van der Waals surface area contributed by atoms with E-state index in [1.54, 1.807) is 6.20 Å². The van der Waals surface area contributed by atoms with Crippen LogP contribution < -0.4 is 5.73 Å². The average Bonchev–Trinajstić information content (AvgIpc) is 2.52. The summed E-state index contributed by atoms with van der Waals surface area (Å²) in [5, 5.41) is 0. The molecule has 0 amide bonds. The van der Waals surface area contributed by atoms with Gasteiger partial charge in [-0.15, -0.1) is 0 Å². The zero-order valence-corrected chi connectivity index (χ0v) is 6.73. The van der Waals surface area contributed by atoms with Crippen molar-refractivity contribution < 1.29 is 4.79 Å². The first kappa shape index (κ1) is 8.67. The molecule has 0 saturated heterocycles. The maximum absolute atomic E-state index is 11.0. The van der Waals surface area contributed by atoms with Crippen molar-refractivity contribution in [2.75, 3.05) is 6.54 Å². The van der Waals surface area contributed by atoms with Gasteiger partial charge < -0.3 is 5.73 Å². The zero-order chi connectivity index (χ0) is 8.97. The van der Waals surface area contributed by atoms with E-state index < -0.39 is 0 Å². The molecule has 0 saturated carbocycles. The Labute approximate surface area is 70.7 Å². The van der Waals surface area contributed by atoms with Gasteiger partial charge in [-0.05, 0) is 12.6 Å². The molecule has 1 heterocycles. The Morgan fingerprint density at radius 2 is 2.58 bits per heavy atom. The van der Waals surface area contributed by atoms with Gasteiger partial charge in [-0.2, -0.15) is 0 Å². The second-order valence-corrected chi connectivity index (χ2v) is 2.35. The van der Waals surface area contributed by atoms with Crippen LogP contribution in [0.2, 0.25) is 0 Å². The molecule has 0 spiro atoms. The van der Waals surface area contributed by atoms with Crippen molar-refractivity contribution in [3.05, 3.63) is 30.9 Å². The molecule has 1 aromatic rings. The van der Waals surface area contributed by atoms with Crippen LogP contribution in [0.1, 0.15) is 10.5 Å². The number of nitrogens with two attached hydrogens (primary N) is 1. The predicted octanol–water partition coefficient (Wildman–Crippen LogP) is 0.210. The van der Waals surface area contributed by atoms with Crippen molar-refractivity contribution in [1.82, 2.24) is 9.55 Å². The number of hydrogen-bond donors (Lipinski definition) is 1. The van der Waals surface area contributed by atoms with Crippen molar-refractivity contribution >= 4 is 5.91 Å². The highest BCUT2D eigenvalue weighted by Crippen LogP contribution is 1.96. The third kappa shape index (κ3) is 1.79. The highest BCUT2D eigenvalue weighted by Gasteiger charge is 2.01. The van der Waals surface area contributed by atoms with Crippen molar-refractivity contribution in [3.8, 4) is 0 Å². The molecule has 0 fully saturated rings. The Hall–Kier alpha value is -1.42. The van der Waals surface area contributed by atoms with Crippen LogP contribution in [0.4, 0.5) is 0 Å². The lowest BCUT2D eigenvalue weighted by atomic mass is 10.3. The minimum absolute atomic E-state index is 0.175. The van der Waals surface area contributed by atoms with E-state index in [9.17, 15) is 4.79 Å². The number of hydrogen-bond acceptors (Lipinski definition) is 3. The summed E-state index contributed by atoms with van der Waals surface area (Å²) in [5.74, 6) is -0.175. The first-order chi connectivity index (χ1) is 5.77. The summed E-state index contributed by atoms with van der Waals surface area (Å²) < 4.78 is 1.39. The third-order valence-electron chi connectivity index (χ3n) is 1.47. The summed E-state index contributed by atoms with van der Waals surface area (Å²) in [6.45, 7) is 3.91. The normalized spacial score (nSPS) is 9.75. The summed E-state index contributed by atoms with van der Waals surface area (Å²) in [7, 11) is 0. The van der Waals surface area contributed by atoms with E-state index in [0.29, 0.717) is 13.0 Å². The highest BCUT2D eigenvalue weighted by atomic mass is 16.1. The van der Waals surface area contributed by atoms with Gasteiger partial charge in [-0.25, -0.2) is 4.98 Å². The van der Waals surface area contributed by atoms with Crippen LogP contribution in [0, 0.1) is 0 Å². The van der Waals surface area contributed by atoms with Gasteiger partial charge in [-0.3, -0.25) is 9.36 Å². The lowest BCUT2D eigenvalue weighted by molar-refractivity contribution is 0.0969. The number of carbonyl (C=O) groups is 1. The van der Waals surface area contributed by atoms with Gasteiger partial charge in [-0.1, -0.05) is 6.58 Å². The van der Waals surface area contributed by atoms with Crippen LogP contribution in [0.15, 0.2) is 25.2 Å². The summed E-state index contributed by atoms with van der Waals surface area (Å²) in [5.41, 5.74) is 6.15. The number of allylic oxidation sites excluding steroid dienone is 1. The van der Waals surface area contributed by atoms with E-state index in [-0.39, 0.29) is 5.91 Å². The maximum atomic E-state index is 11.0. The summed E-state index contributed by atoms with van der Waals surface area (Å²) >= 11 is 0. The SMILES string of the molecule is C=CC(=O)n1cnc(CCN)c1. The zero-order valence-electron chi connectivity index (χ0n) is 6.73. The fraction of sp³-hybridized carbons (Fsp3) is 0.250. The van der Waals surface area contributed by atoms with Gasteiger partial charge >= 0.3 is 0 Å². The Morgan fingerprint density at radius 1 is 1.83 bits per heavy atom. The average molecular weight is 165 g/mol. The first-order valence-electron chi connectivity index (χ1n) is 3.67. The highest BCUT2D eigenvalue weighted by molar-refractivity contribution is 5.89. The smallest absolute Gasteiger partial charge is 0.255 e. The number of imidazole rings is 1. The van der Waals surface area contributed by atoms with Gasteiger partial charge in [0.25, 0.3) is 5.91 Å². The maximum Gasteiger partial charge on any atom is 0.255 e. The molecular weight excluding hydrogens is 154 g/mol. The molecule has 0 bridgehead atoms. The molecule has 1 rings (SSSR count). The molecule has 64 valence electrons. The molecular formula is C8H11N3O. The number of carbonyl (C=O) groups excluding carboxylic acids is 1. The van der Waals surface area contributed by atoms with Crippen molar-refractivity contribution in [2.24, 2.45) is 5.73 Å². The lowest BCUT2D eigenvalue weighted by Gasteiger charge is -1.91. The molecule has 0 aliphatic heterocycles. The second-order valence-electron chi connectivity index (χ2n) is 2.35. The Bertz CT molecular complexity index is 290. The first-order valence-corrected chi connectivity index (χ1v) is 3.67. The van der Waals surface area contributed by atoms with Gasteiger partial charge in [0, 0.05) is 12.6 Å². The molecule has 0 unspecified atom stereocenters. The molecule has 0 aliphatic rings. The van der Waals surface area contributed by atoms with E-state index in [2.05, 4.69) is 11.6 Å². The van der Waals surface area contributed by atoms with Crippen LogP contribution in [0.3, 0.4) is 0 Å². The van der Waals surface area contributed by atoms with E-state index in [4.69, 9.17) is 5.73 Å². The van der Waals surface area contributed by atoms with E-state index in [1.807, 2.05) is 0 Å². The number of rotatable bonds is 3. The monoisotopic (exact) mass is 165 g/mol.